The molecule has 1 heterocycles. The van der Waals surface area contributed by atoms with Crippen LogP contribution >= 0.6 is 0 Å². The van der Waals surface area contributed by atoms with Crippen LogP contribution in [-0.4, -0.2) is 12.1 Å². The lowest BCUT2D eigenvalue weighted by Gasteiger charge is -2.09. The summed E-state index contributed by atoms with van der Waals surface area (Å²) in [5.41, 5.74) is 0. The molecule has 0 aromatic carbocycles. The van der Waals surface area contributed by atoms with Crippen molar-refractivity contribution in [2.75, 3.05) is 0 Å². The van der Waals surface area contributed by atoms with Crippen LogP contribution in [0.15, 0.2) is 5.95 Å². The van der Waals surface area contributed by atoms with E-state index in [0.717, 1.165) is 0 Å². The second kappa shape index (κ2) is 1.10. The Balaban J connectivity index is 2.61. The molecule has 0 radical (unpaired) electrons. The molecule has 1 fully saturated rings. The van der Waals surface area contributed by atoms with Gasteiger partial charge in [-0.1, -0.05) is 0 Å². The lowest BCUT2D eigenvalue weighted by molar-refractivity contribution is -0.0219. The summed E-state index contributed by atoms with van der Waals surface area (Å²) in [6, 6.07) is 0. The van der Waals surface area contributed by atoms with Gasteiger partial charge in [0.25, 0.3) is 0 Å². The minimum absolute atomic E-state index is 0.384. The van der Waals surface area contributed by atoms with Gasteiger partial charge in [0.1, 0.15) is 0 Å². The lowest BCUT2D eigenvalue weighted by atomic mass is 10.9. The zero-order valence-corrected chi connectivity index (χ0v) is 3.13. The topological polar surface area (TPSA) is 52.6 Å². The van der Waals surface area contributed by atoms with Gasteiger partial charge in [-0.15, -0.1) is 0 Å². The Morgan fingerprint density at radius 1 is 1.43 bits per heavy atom. The maximum absolute atomic E-state index is 9.62. The molecule has 0 unspecified atom stereocenters. The molecule has 0 aromatic heterocycles. The average Bonchev–Trinajstić information content (AvgIpc) is 1.58. The molecule has 36 valence electrons. The van der Waals surface area contributed by atoms with Crippen molar-refractivity contribution in [3.63, 3.8) is 0 Å². The van der Waals surface area contributed by atoms with Crippen LogP contribution in [0, 0.1) is 0 Å². The molecule has 1 aliphatic heterocycles. The lowest BCUT2D eigenvalue weighted by Crippen LogP contribution is -2.20. The molecule has 4 heteroatoms. The number of cyclic esters (lactones) is 2. The maximum Gasteiger partial charge on any atom is 0.525 e. The minimum Gasteiger partial charge on any atom is -0.350 e. The van der Waals surface area contributed by atoms with E-state index in [1.165, 1.54) is 5.94 Å². The van der Waals surface area contributed by atoms with E-state index in [0.29, 0.717) is 0 Å². The molecule has 0 saturated carbocycles. The molecule has 0 bridgehead atoms. The number of carbonyl (C=O) groups excluding carboxylic acids is 2. The van der Waals surface area contributed by atoms with E-state index >= 15 is 0 Å². The van der Waals surface area contributed by atoms with Crippen LogP contribution in [0.3, 0.4) is 0 Å². The highest BCUT2D eigenvalue weighted by atomic mass is 16.9. The van der Waals surface area contributed by atoms with Crippen molar-refractivity contribution < 1.29 is 19.1 Å². The van der Waals surface area contributed by atoms with Crippen molar-refractivity contribution in [3.05, 3.63) is 5.95 Å². The predicted molar refractivity (Wildman–Crippen MR) is 16.8 cm³/mol. The minimum atomic E-state index is -0.849. The first-order valence-electron chi connectivity index (χ1n) is 1.47. The second-order valence-electron chi connectivity index (χ2n) is 0.844. The third-order valence-electron chi connectivity index (χ3n) is 0.435. The molecule has 0 aromatic rings. The molecule has 1 rings (SSSR count). The van der Waals surface area contributed by atoms with E-state index in [1.54, 1.807) is 0 Å². The van der Waals surface area contributed by atoms with Crippen molar-refractivity contribution in [2.45, 2.75) is 0 Å². The van der Waals surface area contributed by atoms with Gasteiger partial charge in [0.15, 0.2) is 0 Å². The average molecular weight is 100 g/mol. The maximum atomic E-state index is 9.62. The largest absolute Gasteiger partial charge is 0.525 e. The fourth-order valence-electron chi connectivity index (χ4n) is 0.201. The van der Waals surface area contributed by atoms with Gasteiger partial charge in [-0.25, -0.2) is 9.59 Å². The highest BCUT2D eigenvalue weighted by Crippen LogP contribution is 2.09. The Hall–Kier alpha value is -1.28. The van der Waals surface area contributed by atoms with E-state index in [9.17, 15) is 9.59 Å². The van der Waals surface area contributed by atoms with Gasteiger partial charge in [-0.3, -0.25) is 0 Å². The fourth-order valence-corrected chi connectivity index (χ4v) is 0.201. The van der Waals surface area contributed by atoms with Crippen molar-refractivity contribution in [1.29, 1.82) is 0 Å². The number of rotatable bonds is 0. The van der Waals surface area contributed by atoms with E-state index < -0.39 is 6.16 Å². The normalized spacial score (nSPS) is 16.0. The number of hydrogen-bond acceptors (Lipinski definition) is 4. The highest BCUT2D eigenvalue weighted by Gasteiger charge is 2.24. The number of carbonyl (C=O) groups is 1. The van der Waals surface area contributed by atoms with Gasteiger partial charge in [-0.2, -0.15) is 0 Å². The van der Waals surface area contributed by atoms with E-state index in [4.69, 9.17) is 0 Å². The predicted octanol–water partition coefficient (Wildman–Crippen LogP) is -0.174. The third-order valence-corrected chi connectivity index (χ3v) is 0.435. The molecular weight excluding hydrogens is 100 g/mol. The smallest absolute Gasteiger partial charge is 0.350 e. The van der Waals surface area contributed by atoms with Crippen molar-refractivity contribution in [3.8, 4) is 0 Å². The molecule has 7 heavy (non-hydrogen) atoms. The van der Waals surface area contributed by atoms with Gasteiger partial charge in [0.2, 0.25) is 5.94 Å². The van der Waals surface area contributed by atoms with E-state index in [2.05, 4.69) is 9.47 Å². The van der Waals surface area contributed by atoms with Crippen molar-refractivity contribution >= 4 is 12.1 Å². The Morgan fingerprint density at radius 3 is 2.14 bits per heavy atom. The van der Waals surface area contributed by atoms with Crippen LogP contribution in [0.25, 0.3) is 0 Å². The molecule has 0 atom stereocenters. The van der Waals surface area contributed by atoms with E-state index in [-0.39, 0.29) is 5.95 Å². The summed E-state index contributed by atoms with van der Waals surface area (Å²) in [5, 5.41) is 0. The van der Waals surface area contributed by atoms with Gasteiger partial charge >= 0.3 is 12.1 Å². The molecule has 0 N–H and O–H groups in total. The quantitative estimate of drug-likeness (QED) is 0.313. The fraction of sp³-hybridized carbons (Fsp3) is 0. The first-order valence-corrected chi connectivity index (χ1v) is 1.47. The van der Waals surface area contributed by atoms with Crippen LogP contribution < -0.4 is 0 Å². The summed E-state index contributed by atoms with van der Waals surface area (Å²) >= 11 is 0. The zero-order valence-electron chi connectivity index (χ0n) is 3.13. The number of ether oxygens (including phenoxy) is 2. The molecular formula is C3O4. The van der Waals surface area contributed by atoms with Gasteiger partial charge < -0.3 is 9.47 Å². The summed E-state index contributed by atoms with van der Waals surface area (Å²) in [5.74, 6) is 0.849. The Kier molecular flexibility index (Phi) is 0.610. The Labute approximate surface area is 38.3 Å². The first kappa shape index (κ1) is 3.89. The van der Waals surface area contributed by atoms with Crippen LogP contribution in [0.1, 0.15) is 0 Å². The highest BCUT2D eigenvalue weighted by molar-refractivity contribution is 5.73. The van der Waals surface area contributed by atoms with Crippen LogP contribution in [0.2, 0.25) is 0 Å². The van der Waals surface area contributed by atoms with Gasteiger partial charge in [0, 0.05) is 0 Å². The van der Waals surface area contributed by atoms with Crippen LogP contribution in [0.4, 0.5) is 4.79 Å². The van der Waals surface area contributed by atoms with Crippen LogP contribution in [-0.2, 0) is 14.3 Å². The standard InChI is InChI=1S/C3O4/c4-1-2-6-3(5)7-2. The summed E-state index contributed by atoms with van der Waals surface area (Å²) in [6.45, 7) is 0. The van der Waals surface area contributed by atoms with Crippen molar-refractivity contribution in [1.82, 2.24) is 0 Å². The summed E-state index contributed by atoms with van der Waals surface area (Å²) in [6.07, 6.45) is -0.849. The Bertz CT molecular complexity index is 142. The molecule has 4 nitrogen and oxygen atoms in total. The molecule has 0 aliphatic carbocycles. The zero-order chi connectivity index (χ0) is 5.28. The third kappa shape index (κ3) is 0.459. The second-order valence-corrected chi connectivity index (χ2v) is 0.844. The molecule has 1 aliphatic rings. The van der Waals surface area contributed by atoms with Gasteiger partial charge in [0.05, 0.1) is 0 Å². The summed E-state index contributed by atoms with van der Waals surface area (Å²) in [4.78, 5) is 19.0. The molecule has 1 saturated heterocycles. The van der Waals surface area contributed by atoms with Crippen molar-refractivity contribution in [2.24, 2.45) is 0 Å². The monoisotopic (exact) mass is 100.0 g/mol. The van der Waals surface area contributed by atoms with E-state index in [1.807, 2.05) is 0 Å². The van der Waals surface area contributed by atoms with Gasteiger partial charge in [-0.05, 0) is 0 Å². The van der Waals surface area contributed by atoms with Crippen LogP contribution in [0.5, 0.6) is 0 Å². The molecule has 0 amide bonds. The first-order chi connectivity index (χ1) is 3.33. The molecule has 0 spiro atoms. The SMILES string of the molecule is O=C=C1OC(=O)O1. The summed E-state index contributed by atoms with van der Waals surface area (Å²) in [7, 11) is 0. The summed E-state index contributed by atoms with van der Waals surface area (Å²) < 4.78 is 7.84. The number of hydrogen-bond donors (Lipinski definition) is 0. The Morgan fingerprint density at radius 2 is 2.00 bits per heavy atom.